The van der Waals surface area contributed by atoms with E-state index in [0.29, 0.717) is 11.3 Å². The van der Waals surface area contributed by atoms with Crippen LogP contribution in [-0.4, -0.2) is 16.7 Å². The van der Waals surface area contributed by atoms with E-state index in [0.717, 1.165) is 17.5 Å². The highest BCUT2D eigenvalue weighted by molar-refractivity contribution is 6.51. The van der Waals surface area contributed by atoms with E-state index >= 15 is 0 Å². The van der Waals surface area contributed by atoms with Crippen LogP contribution in [0.3, 0.4) is 0 Å². The van der Waals surface area contributed by atoms with Crippen molar-refractivity contribution in [3.63, 3.8) is 0 Å². The first-order valence-electron chi connectivity index (χ1n) is 5.61. The SMILES string of the molecule is O=C1Nc2ccc(Cc3ccncc3)cc2C1=O. The second kappa shape index (κ2) is 4.07. The first kappa shape index (κ1) is 10.7. The number of nitrogens with zero attached hydrogens (tertiary/aromatic N) is 1. The van der Waals surface area contributed by atoms with Gasteiger partial charge < -0.3 is 5.32 Å². The van der Waals surface area contributed by atoms with E-state index < -0.39 is 11.7 Å². The summed E-state index contributed by atoms with van der Waals surface area (Å²) < 4.78 is 0. The summed E-state index contributed by atoms with van der Waals surface area (Å²) in [4.78, 5) is 26.8. The molecule has 1 N–H and O–H groups in total. The summed E-state index contributed by atoms with van der Waals surface area (Å²) in [5.74, 6) is -1.01. The van der Waals surface area contributed by atoms with Gasteiger partial charge in [-0.05, 0) is 41.8 Å². The summed E-state index contributed by atoms with van der Waals surface area (Å²) in [7, 11) is 0. The Morgan fingerprint density at radius 2 is 1.78 bits per heavy atom. The Labute approximate surface area is 104 Å². The van der Waals surface area contributed by atoms with Gasteiger partial charge in [0.25, 0.3) is 11.7 Å². The molecule has 1 aromatic carbocycles. The number of Topliss-reactive ketones (excluding diaryl/α,β-unsaturated/α-hetero) is 1. The molecule has 1 aliphatic heterocycles. The van der Waals surface area contributed by atoms with Gasteiger partial charge in [0.05, 0.1) is 11.3 Å². The van der Waals surface area contributed by atoms with Gasteiger partial charge in [0.15, 0.2) is 0 Å². The maximum Gasteiger partial charge on any atom is 0.296 e. The Balaban J connectivity index is 1.92. The molecule has 0 saturated carbocycles. The van der Waals surface area contributed by atoms with E-state index in [-0.39, 0.29) is 0 Å². The molecule has 4 nitrogen and oxygen atoms in total. The third-order valence-electron chi connectivity index (χ3n) is 2.94. The second-order valence-corrected chi connectivity index (χ2v) is 4.20. The smallest absolute Gasteiger partial charge is 0.296 e. The number of pyridine rings is 1. The fourth-order valence-corrected chi connectivity index (χ4v) is 2.04. The average molecular weight is 238 g/mol. The highest BCUT2D eigenvalue weighted by Gasteiger charge is 2.27. The lowest BCUT2D eigenvalue weighted by atomic mass is 10.0. The zero-order chi connectivity index (χ0) is 12.5. The lowest BCUT2D eigenvalue weighted by Gasteiger charge is -2.03. The van der Waals surface area contributed by atoms with Crippen molar-refractivity contribution in [1.82, 2.24) is 4.98 Å². The van der Waals surface area contributed by atoms with Crippen LogP contribution < -0.4 is 5.32 Å². The molecule has 2 heterocycles. The van der Waals surface area contributed by atoms with Gasteiger partial charge in [-0.2, -0.15) is 0 Å². The molecule has 0 saturated heterocycles. The van der Waals surface area contributed by atoms with Crippen molar-refractivity contribution in [2.45, 2.75) is 6.42 Å². The molecule has 0 bridgehead atoms. The van der Waals surface area contributed by atoms with Gasteiger partial charge in [0, 0.05) is 12.4 Å². The van der Waals surface area contributed by atoms with Crippen molar-refractivity contribution >= 4 is 17.4 Å². The van der Waals surface area contributed by atoms with Crippen molar-refractivity contribution in [3.8, 4) is 0 Å². The number of anilines is 1. The van der Waals surface area contributed by atoms with Gasteiger partial charge in [-0.3, -0.25) is 14.6 Å². The molecule has 1 aliphatic rings. The predicted molar refractivity (Wildman–Crippen MR) is 66.4 cm³/mol. The molecule has 1 aromatic heterocycles. The first-order chi connectivity index (χ1) is 8.74. The van der Waals surface area contributed by atoms with Crippen molar-refractivity contribution in [2.75, 3.05) is 5.32 Å². The standard InChI is InChI=1S/C14H10N2O2/c17-13-11-8-10(1-2-12(11)16-14(13)18)7-9-3-5-15-6-4-9/h1-6,8H,7H2,(H,16,17,18). The van der Waals surface area contributed by atoms with Crippen LogP contribution in [0.4, 0.5) is 5.69 Å². The summed E-state index contributed by atoms with van der Waals surface area (Å²) in [5, 5.41) is 2.54. The zero-order valence-corrected chi connectivity index (χ0v) is 9.51. The second-order valence-electron chi connectivity index (χ2n) is 4.20. The minimum atomic E-state index is -0.550. The molecule has 0 atom stereocenters. The van der Waals surface area contributed by atoms with Crippen molar-refractivity contribution < 1.29 is 9.59 Å². The summed E-state index contributed by atoms with van der Waals surface area (Å²) >= 11 is 0. The Morgan fingerprint density at radius 3 is 2.56 bits per heavy atom. The molecule has 0 spiro atoms. The summed E-state index contributed by atoms with van der Waals surface area (Å²) in [6.07, 6.45) is 4.19. The van der Waals surface area contributed by atoms with E-state index in [1.807, 2.05) is 18.2 Å². The van der Waals surface area contributed by atoms with E-state index in [1.54, 1.807) is 24.5 Å². The number of nitrogens with one attached hydrogen (secondary N) is 1. The molecule has 0 fully saturated rings. The van der Waals surface area contributed by atoms with Crippen LogP contribution in [0.15, 0.2) is 42.7 Å². The quantitative estimate of drug-likeness (QED) is 0.812. The maximum atomic E-state index is 11.6. The third-order valence-corrected chi connectivity index (χ3v) is 2.94. The van der Waals surface area contributed by atoms with Crippen LogP contribution in [0.5, 0.6) is 0 Å². The largest absolute Gasteiger partial charge is 0.318 e. The number of ketones is 1. The number of carbonyl (C=O) groups is 2. The number of hydrogen-bond donors (Lipinski definition) is 1. The molecule has 3 rings (SSSR count). The van der Waals surface area contributed by atoms with Crippen LogP contribution >= 0.6 is 0 Å². The van der Waals surface area contributed by atoms with Crippen molar-refractivity contribution in [1.29, 1.82) is 0 Å². The zero-order valence-electron chi connectivity index (χ0n) is 9.51. The van der Waals surface area contributed by atoms with E-state index in [9.17, 15) is 9.59 Å². The van der Waals surface area contributed by atoms with Gasteiger partial charge >= 0.3 is 0 Å². The summed E-state index contributed by atoms with van der Waals surface area (Å²) in [6, 6.07) is 9.32. The number of carbonyl (C=O) groups excluding carboxylic acids is 2. The van der Waals surface area contributed by atoms with Gasteiger partial charge in [-0.25, -0.2) is 0 Å². The number of hydrogen-bond acceptors (Lipinski definition) is 3. The van der Waals surface area contributed by atoms with Gasteiger partial charge in [0.1, 0.15) is 0 Å². The van der Waals surface area contributed by atoms with Crippen LogP contribution in [0.25, 0.3) is 0 Å². The van der Waals surface area contributed by atoms with E-state index in [4.69, 9.17) is 0 Å². The number of benzene rings is 1. The lowest BCUT2D eigenvalue weighted by molar-refractivity contribution is -0.112. The number of amides is 1. The Bertz CT molecular complexity index is 635. The van der Waals surface area contributed by atoms with Gasteiger partial charge in [-0.1, -0.05) is 6.07 Å². The van der Waals surface area contributed by atoms with E-state index in [1.165, 1.54) is 0 Å². The molecule has 2 aromatic rings. The molecule has 1 amide bonds. The molecule has 18 heavy (non-hydrogen) atoms. The van der Waals surface area contributed by atoms with E-state index in [2.05, 4.69) is 10.3 Å². The predicted octanol–water partition coefficient (Wildman–Crippen LogP) is 1.81. The minimum absolute atomic E-state index is 0.457. The van der Waals surface area contributed by atoms with Crippen LogP contribution in [0, 0.1) is 0 Å². The van der Waals surface area contributed by atoms with Crippen LogP contribution in [0.2, 0.25) is 0 Å². The molecule has 4 heteroatoms. The van der Waals surface area contributed by atoms with Crippen LogP contribution in [0.1, 0.15) is 21.5 Å². The third kappa shape index (κ3) is 1.78. The van der Waals surface area contributed by atoms with Crippen molar-refractivity contribution in [2.24, 2.45) is 0 Å². The fourth-order valence-electron chi connectivity index (χ4n) is 2.04. The number of rotatable bonds is 2. The number of aromatic nitrogens is 1. The molecule has 0 radical (unpaired) electrons. The van der Waals surface area contributed by atoms with Crippen molar-refractivity contribution in [3.05, 3.63) is 59.4 Å². The highest BCUT2D eigenvalue weighted by atomic mass is 16.2. The topological polar surface area (TPSA) is 59.1 Å². The Hall–Kier alpha value is -2.49. The average Bonchev–Trinajstić information content (AvgIpc) is 2.67. The number of fused-ring (bicyclic) bond motifs is 1. The molecule has 0 unspecified atom stereocenters. The van der Waals surface area contributed by atoms with Gasteiger partial charge in [0.2, 0.25) is 0 Å². The first-order valence-corrected chi connectivity index (χ1v) is 5.61. The Kier molecular flexibility index (Phi) is 2.41. The molecular weight excluding hydrogens is 228 g/mol. The highest BCUT2D eigenvalue weighted by Crippen LogP contribution is 2.24. The van der Waals surface area contributed by atoms with Crippen LogP contribution in [-0.2, 0) is 11.2 Å². The molecular formula is C14H10N2O2. The maximum absolute atomic E-state index is 11.6. The fraction of sp³-hybridized carbons (Fsp3) is 0.0714. The summed E-state index contributed by atoms with van der Waals surface area (Å²) in [6.45, 7) is 0. The van der Waals surface area contributed by atoms with Gasteiger partial charge in [-0.15, -0.1) is 0 Å². The summed E-state index contributed by atoms with van der Waals surface area (Å²) in [5.41, 5.74) is 3.19. The Morgan fingerprint density at radius 1 is 1.00 bits per heavy atom. The molecule has 0 aliphatic carbocycles. The molecule has 88 valence electrons. The normalized spacial score (nSPS) is 13.3. The minimum Gasteiger partial charge on any atom is -0.318 e. The monoisotopic (exact) mass is 238 g/mol. The lowest BCUT2D eigenvalue weighted by Crippen LogP contribution is -2.12.